The number of carboxylic acids is 1. The third-order valence-electron chi connectivity index (χ3n) is 12.9. The number of aromatic carboxylic acids is 1. The van der Waals surface area contributed by atoms with Crippen LogP contribution in [0.4, 0.5) is 0 Å². The summed E-state index contributed by atoms with van der Waals surface area (Å²) in [5.41, 5.74) is 13.4. The lowest BCUT2D eigenvalue weighted by molar-refractivity contribution is 0.0694. The van der Waals surface area contributed by atoms with Gasteiger partial charge in [-0.1, -0.05) is 103 Å². The Kier molecular flexibility index (Phi) is 15.6. The molecule has 0 amide bonds. The van der Waals surface area contributed by atoms with Crippen LogP contribution in [0.2, 0.25) is 0 Å². The Bertz CT molecular complexity index is 2170. The molecule has 0 radical (unpaired) electrons. The maximum Gasteiger partial charge on any atom is 0.335 e. The Hall–Kier alpha value is -2.65. The monoisotopic (exact) mass is 1010 g/mol. The minimum absolute atomic E-state index is 0.289. The van der Waals surface area contributed by atoms with Gasteiger partial charge in [0.15, 0.2) is 5.78 Å². The van der Waals surface area contributed by atoms with Crippen LogP contribution in [0.25, 0.3) is 5.57 Å². The van der Waals surface area contributed by atoms with Gasteiger partial charge in [-0.3, -0.25) is 9.36 Å². The highest BCUT2D eigenvalue weighted by Crippen LogP contribution is 2.57. The zero-order valence-corrected chi connectivity index (χ0v) is 40.2. The molecule has 6 aliphatic rings. The molecule has 4 aromatic carbocycles. The van der Waals surface area contributed by atoms with E-state index < -0.39 is 13.6 Å². The van der Waals surface area contributed by atoms with Crippen LogP contribution in [0.5, 0.6) is 0 Å². The van der Waals surface area contributed by atoms with E-state index in [0.717, 1.165) is 47.7 Å². The van der Waals surface area contributed by atoms with Crippen LogP contribution < -0.4 is 0 Å². The molecule has 6 aliphatic carbocycles. The Morgan fingerprint density at radius 3 is 1.54 bits per heavy atom. The molecule has 4 aromatic rings. The lowest BCUT2D eigenvalue weighted by Gasteiger charge is -2.26. The number of hydrogen-bond acceptors (Lipinski definition) is 5. The first-order chi connectivity index (χ1) is 28.2. The highest BCUT2D eigenvalue weighted by Gasteiger charge is 2.47. The fourth-order valence-corrected chi connectivity index (χ4v) is 11.0. The van der Waals surface area contributed by atoms with Crippen molar-refractivity contribution in [3.8, 4) is 0 Å². The molecule has 0 atom stereocenters. The number of allylic oxidation sites excluding steroid dienone is 1. The van der Waals surface area contributed by atoms with Crippen molar-refractivity contribution in [1.82, 2.24) is 0 Å². The van der Waals surface area contributed by atoms with Crippen molar-refractivity contribution in [3.05, 3.63) is 143 Å². The highest BCUT2D eigenvalue weighted by molar-refractivity contribution is 9.11. The maximum atomic E-state index is 11.4. The predicted octanol–water partition coefficient (Wildman–Crippen LogP) is 14.4. The summed E-state index contributed by atoms with van der Waals surface area (Å²) in [5, 5.41) is 9.13. The summed E-state index contributed by atoms with van der Waals surface area (Å²) >= 11 is 10.7. The number of ketones is 1. The number of Topliss-reactive ketones (excluding diaryl/α,β-unsaturated/α-hetero) is 1. The molecule has 0 unspecified atom stereocenters. The average molecular weight is 1010 g/mol. The van der Waals surface area contributed by atoms with Crippen molar-refractivity contribution in [3.63, 3.8) is 0 Å². The van der Waals surface area contributed by atoms with Gasteiger partial charge < -0.3 is 14.2 Å². The second-order valence-corrected chi connectivity index (χ2v) is 21.4. The second kappa shape index (κ2) is 20.0. The minimum atomic E-state index is -2.65. The van der Waals surface area contributed by atoms with Crippen molar-refractivity contribution >= 4 is 72.7 Å². The molecule has 10 heteroatoms. The van der Waals surface area contributed by atoms with E-state index in [4.69, 9.17) is 5.11 Å². The van der Waals surface area contributed by atoms with Gasteiger partial charge in [0, 0.05) is 46.3 Å². The molecule has 1 N–H and O–H groups in total. The molecule has 2 spiro atoms. The number of hydrogen-bond donors (Lipinski definition) is 1. The molecule has 0 bridgehead atoms. The number of carbonyl (C=O) groups is 2. The van der Waals surface area contributed by atoms with E-state index in [1.165, 1.54) is 122 Å². The van der Waals surface area contributed by atoms with Gasteiger partial charge in [-0.25, -0.2) is 4.79 Å². The topological polar surface area (TPSA) is 89.9 Å². The molecule has 0 heterocycles. The van der Waals surface area contributed by atoms with Crippen molar-refractivity contribution in [2.45, 2.75) is 114 Å². The van der Waals surface area contributed by atoms with Gasteiger partial charge in [0.1, 0.15) is 0 Å². The smallest absolute Gasteiger partial charge is 0.335 e. The third-order valence-corrected chi connectivity index (χ3v) is 16.4. The van der Waals surface area contributed by atoms with E-state index in [1.54, 1.807) is 17.2 Å². The zero-order chi connectivity index (χ0) is 42.4. The maximum absolute atomic E-state index is 11.4. The fraction of sp³-hybridized carbons (Fsp3) is 0.429. The summed E-state index contributed by atoms with van der Waals surface area (Å²) in [6.45, 7) is 5.49. The molecule has 0 aromatic heterocycles. The first-order valence-electron chi connectivity index (χ1n) is 20.8. The molecule has 59 heavy (non-hydrogen) atoms. The van der Waals surface area contributed by atoms with Crippen LogP contribution in [0.3, 0.4) is 0 Å². The Morgan fingerprint density at radius 2 is 1.05 bits per heavy atom. The summed E-state index contributed by atoms with van der Waals surface area (Å²) in [7, 11) is 0.0486. The molecular formula is C49H56Br3O6P. The van der Waals surface area contributed by atoms with E-state index in [0.29, 0.717) is 22.8 Å². The van der Waals surface area contributed by atoms with Gasteiger partial charge in [0.25, 0.3) is 0 Å². The Labute approximate surface area is 375 Å². The van der Waals surface area contributed by atoms with Gasteiger partial charge in [0.2, 0.25) is 0 Å². The number of benzene rings is 4. The summed E-state index contributed by atoms with van der Waals surface area (Å²) in [6, 6.07) is 24.7. The van der Waals surface area contributed by atoms with E-state index >= 15 is 0 Å². The van der Waals surface area contributed by atoms with Gasteiger partial charge in [0.05, 0.1) is 5.56 Å². The van der Waals surface area contributed by atoms with Crippen LogP contribution in [-0.2, 0) is 50.1 Å². The SMILES string of the molecule is Brc1cccc2c1CCCC21CC1.C=C1CCCc2c(Br)cccc21.COP(C)(=O)OC.O=C(O)c1cccc2c1CCCC21CC1.O=C1CCCc2c(Br)cccc21. The molecule has 2 saturated carbocycles. The van der Waals surface area contributed by atoms with Crippen molar-refractivity contribution in [1.29, 1.82) is 0 Å². The molecule has 314 valence electrons. The lowest BCUT2D eigenvalue weighted by Crippen LogP contribution is -2.18. The van der Waals surface area contributed by atoms with Crippen molar-refractivity contribution < 1.29 is 28.3 Å². The zero-order valence-electron chi connectivity index (χ0n) is 34.5. The van der Waals surface area contributed by atoms with Crippen molar-refractivity contribution in [2.24, 2.45) is 0 Å². The summed E-state index contributed by atoms with van der Waals surface area (Å²) < 4.78 is 23.0. The van der Waals surface area contributed by atoms with Gasteiger partial charge in [-0.2, -0.15) is 0 Å². The molecule has 0 aliphatic heterocycles. The standard InChI is InChI=1S/C13H14O2.C12H13Br.C11H11Br.C10H9BrO.C3H9O3P/c14-12(15)10-3-1-5-11-9(10)4-2-6-13(11)7-8-13;13-11-5-1-4-10-9(11)3-2-6-12(10)7-8-12;1-8-4-2-6-10-9(8)5-3-7-11(10)12;11-9-5-1-4-8-7(9)3-2-6-10(8)12;1-5-7(3,4)6-2/h1,3,5H,2,4,6-8H2,(H,14,15);1,4-5H,2-3,6-8H2;3,5,7H,1-2,4,6H2;1,4-5H,2-3,6H2;1-3H3. The molecule has 0 saturated heterocycles. The van der Waals surface area contributed by atoms with E-state index in [1.807, 2.05) is 24.3 Å². The average Bonchev–Trinajstić information content (AvgIpc) is 4.19. The van der Waals surface area contributed by atoms with E-state index in [-0.39, 0.29) is 5.78 Å². The number of rotatable bonds is 3. The molecular weight excluding hydrogens is 955 g/mol. The molecule has 2 fully saturated rings. The first kappa shape index (κ1) is 45.9. The van der Waals surface area contributed by atoms with Crippen LogP contribution in [0, 0.1) is 0 Å². The fourth-order valence-electron chi connectivity index (χ4n) is 9.15. The predicted molar refractivity (Wildman–Crippen MR) is 250 cm³/mol. The van der Waals surface area contributed by atoms with E-state index in [9.17, 15) is 14.2 Å². The molecule has 6 nitrogen and oxygen atoms in total. The van der Waals surface area contributed by atoms with Crippen LogP contribution in [0.15, 0.2) is 92.8 Å². The number of carboxylic acid groups (broad SMARTS) is 1. The lowest BCUT2D eigenvalue weighted by atomic mass is 9.78. The second-order valence-electron chi connectivity index (χ2n) is 16.6. The number of carbonyl (C=O) groups excluding carboxylic acids is 1. The Balaban J connectivity index is 0.000000126. The van der Waals surface area contributed by atoms with Gasteiger partial charge in [-0.15, -0.1) is 0 Å². The van der Waals surface area contributed by atoms with E-state index in [2.05, 4.69) is 106 Å². The van der Waals surface area contributed by atoms with Crippen LogP contribution in [-0.4, -0.2) is 37.7 Å². The van der Waals surface area contributed by atoms with Gasteiger partial charge >= 0.3 is 13.6 Å². The number of halogens is 3. The third kappa shape index (κ3) is 11.1. The molecule has 10 rings (SSSR count). The van der Waals surface area contributed by atoms with Crippen LogP contribution in [0.1, 0.15) is 137 Å². The summed E-state index contributed by atoms with van der Waals surface area (Å²) in [6.07, 6.45) is 19.1. The number of fused-ring (bicyclic) bond motifs is 6. The van der Waals surface area contributed by atoms with Gasteiger partial charge in [-0.05, 0) is 176 Å². The quantitative estimate of drug-likeness (QED) is 0.206. The minimum Gasteiger partial charge on any atom is -0.478 e. The highest BCUT2D eigenvalue weighted by atomic mass is 79.9. The summed E-state index contributed by atoms with van der Waals surface area (Å²) in [4.78, 5) is 22.5. The first-order valence-corrected chi connectivity index (χ1v) is 25.2. The Morgan fingerprint density at radius 1 is 0.610 bits per heavy atom. The largest absolute Gasteiger partial charge is 0.478 e. The summed E-state index contributed by atoms with van der Waals surface area (Å²) in [5.74, 6) is -0.484. The normalized spacial score (nSPS) is 18.3. The van der Waals surface area contributed by atoms with Crippen LogP contribution >= 0.6 is 55.4 Å². The van der Waals surface area contributed by atoms with Crippen molar-refractivity contribution in [2.75, 3.05) is 20.9 Å².